The fraction of sp³-hybridized carbons (Fsp3) is 0.471. The van der Waals surface area contributed by atoms with Gasteiger partial charge in [0, 0.05) is 29.6 Å². The average Bonchev–Trinajstić information content (AvgIpc) is 2.58. The molecule has 3 unspecified atom stereocenters. The Kier molecular flexibility index (Phi) is 4.80. The SMILES string of the molecule is NC(=O)c1ccc(NC(=O)CC2NNC(=O)C3CCCCC23)cc1. The van der Waals surface area contributed by atoms with Crippen LogP contribution in [0.2, 0.25) is 0 Å². The molecule has 7 nitrogen and oxygen atoms in total. The van der Waals surface area contributed by atoms with Gasteiger partial charge >= 0.3 is 0 Å². The number of amides is 3. The molecular formula is C17H22N4O3. The molecule has 7 heteroatoms. The normalized spacial score (nSPS) is 26.2. The molecule has 0 aromatic heterocycles. The van der Waals surface area contributed by atoms with Crippen LogP contribution >= 0.6 is 0 Å². The second-order valence-corrected chi connectivity index (χ2v) is 6.49. The van der Waals surface area contributed by atoms with Crippen molar-refractivity contribution in [2.75, 3.05) is 5.32 Å². The van der Waals surface area contributed by atoms with E-state index >= 15 is 0 Å². The zero-order valence-corrected chi connectivity index (χ0v) is 13.4. The molecule has 3 amide bonds. The first-order chi connectivity index (χ1) is 11.5. The number of primary amides is 1. The Bertz CT molecular complexity index is 644. The minimum Gasteiger partial charge on any atom is -0.366 e. The first kappa shape index (κ1) is 16.4. The van der Waals surface area contributed by atoms with Crippen LogP contribution in [0.25, 0.3) is 0 Å². The van der Waals surface area contributed by atoms with Crippen molar-refractivity contribution in [3.05, 3.63) is 29.8 Å². The number of hydrogen-bond acceptors (Lipinski definition) is 4. The summed E-state index contributed by atoms with van der Waals surface area (Å²) in [7, 11) is 0. The Morgan fingerprint density at radius 1 is 1.17 bits per heavy atom. The fourth-order valence-corrected chi connectivity index (χ4v) is 3.66. The second kappa shape index (κ2) is 7.00. The second-order valence-electron chi connectivity index (χ2n) is 6.49. The highest BCUT2D eigenvalue weighted by Crippen LogP contribution is 2.35. The third-order valence-corrected chi connectivity index (χ3v) is 4.91. The summed E-state index contributed by atoms with van der Waals surface area (Å²) in [6.07, 6.45) is 4.32. The first-order valence-electron chi connectivity index (χ1n) is 8.29. The monoisotopic (exact) mass is 330 g/mol. The van der Waals surface area contributed by atoms with Gasteiger partial charge in [-0.2, -0.15) is 0 Å². The van der Waals surface area contributed by atoms with Crippen LogP contribution in [0.15, 0.2) is 24.3 Å². The van der Waals surface area contributed by atoms with Gasteiger partial charge in [-0.3, -0.25) is 19.8 Å². The van der Waals surface area contributed by atoms with E-state index in [9.17, 15) is 14.4 Å². The maximum Gasteiger partial charge on any atom is 0.248 e. The minimum atomic E-state index is -0.502. The molecule has 1 aliphatic heterocycles. The van der Waals surface area contributed by atoms with E-state index in [0.29, 0.717) is 17.7 Å². The van der Waals surface area contributed by atoms with Crippen LogP contribution in [-0.4, -0.2) is 23.8 Å². The fourth-order valence-electron chi connectivity index (χ4n) is 3.66. The van der Waals surface area contributed by atoms with Crippen molar-refractivity contribution in [3.63, 3.8) is 0 Å². The largest absolute Gasteiger partial charge is 0.366 e. The Morgan fingerprint density at radius 2 is 1.88 bits per heavy atom. The molecule has 3 atom stereocenters. The number of carbonyl (C=O) groups is 3. The van der Waals surface area contributed by atoms with E-state index in [1.54, 1.807) is 24.3 Å². The van der Waals surface area contributed by atoms with Gasteiger partial charge in [-0.25, -0.2) is 5.43 Å². The smallest absolute Gasteiger partial charge is 0.248 e. The number of benzene rings is 1. The molecular weight excluding hydrogens is 308 g/mol. The highest BCUT2D eigenvalue weighted by atomic mass is 16.2. The van der Waals surface area contributed by atoms with Crippen molar-refractivity contribution in [2.24, 2.45) is 17.6 Å². The van der Waals surface area contributed by atoms with Crippen molar-refractivity contribution in [1.82, 2.24) is 10.9 Å². The minimum absolute atomic E-state index is 0.00708. The molecule has 1 aromatic rings. The van der Waals surface area contributed by atoms with Crippen LogP contribution in [0.3, 0.4) is 0 Å². The lowest BCUT2D eigenvalue weighted by molar-refractivity contribution is -0.134. The molecule has 2 aliphatic rings. The lowest BCUT2D eigenvalue weighted by atomic mass is 9.73. The van der Waals surface area contributed by atoms with Crippen molar-refractivity contribution in [3.8, 4) is 0 Å². The average molecular weight is 330 g/mol. The maximum absolute atomic E-state index is 12.3. The Labute approximate surface area is 140 Å². The van der Waals surface area contributed by atoms with E-state index in [1.165, 1.54) is 0 Å². The highest BCUT2D eigenvalue weighted by molar-refractivity contribution is 5.95. The number of rotatable bonds is 4. The molecule has 1 aromatic carbocycles. The van der Waals surface area contributed by atoms with Crippen LogP contribution in [0.5, 0.6) is 0 Å². The van der Waals surface area contributed by atoms with Gasteiger partial charge in [0.1, 0.15) is 0 Å². The molecule has 128 valence electrons. The molecule has 1 saturated carbocycles. The van der Waals surface area contributed by atoms with Crippen molar-refractivity contribution in [1.29, 1.82) is 0 Å². The van der Waals surface area contributed by atoms with E-state index in [0.717, 1.165) is 25.7 Å². The molecule has 1 aliphatic carbocycles. The molecule has 0 radical (unpaired) electrons. The molecule has 24 heavy (non-hydrogen) atoms. The van der Waals surface area contributed by atoms with E-state index in [2.05, 4.69) is 16.2 Å². The number of carbonyl (C=O) groups excluding carboxylic acids is 3. The van der Waals surface area contributed by atoms with Gasteiger partial charge in [-0.05, 0) is 43.0 Å². The number of hydrogen-bond donors (Lipinski definition) is 4. The molecule has 2 fully saturated rings. The Balaban J connectivity index is 1.59. The molecule has 0 spiro atoms. The van der Waals surface area contributed by atoms with E-state index in [1.807, 2.05) is 0 Å². The number of nitrogens with one attached hydrogen (secondary N) is 3. The lowest BCUT2D eigenvalue weighted by Gasteiger charge is -2.40. The van der Waals surface area contributed by atoms with Crippen LogP contribution in [0.4, 0.5) is 5.69 Å². The van der Waals surface area contributed by atoms with Crippen LogP contribution in [-0.2, 0) is 9.59 Å². The number of anilines is 1. The van der Waals surface area contributed by atoms with Gasteiger partial charge in [-0.1, -0.05) is 12.8 Å². The number of fused-ring (bicyclic) bond motifs is 1. The quantitative estimate of drug-likeness (QED) is 0.657. The highest BCUT2D eigenvalue weighted by Gasteiger charge is 2.40. The summed E-state index contributed by atoms with van der Waals surface area (Å²) in [5, 5.41) is 2.82. The third-order valence-electron chi connectivity index (χ3n) is 4.91. The van der Waals surface area contributed by atoms with Gasteiger partial charge in [0.2, 0.25) is 17.7 Å². The van der Waals surface area contributed by atoms with Crippen LogP contribution in [0.1, 0.15) is 42.5 Å². The van der Waals surface area contributed by atoms with Crippen LogP contribution < -0.4 is 21.9 Å². The summed E-state index contributed by atoms with van der Waals surface area (Å²) in [6.45, 7) is 0. The van der Waals surface area contributed by atoms with Gasteiger partial charge in [0.15, 0.2) is 0 Å². The maximum atomic E-state index is 12.3. The summed E-state index contributed by atoms with van der Waals surface area (Å²) in [6, 6.07) is 6.40. The molecule has 1 heterocycles. The zero-order chi connectivity index (χ0) is 17.1. The van der Waals surface area contributed by atoms with E-state index in [4.69, 9.17) is 5.73 Å². The lowest BCUT2D eigenvalue weighted by Crippen LogP contribution is -2.60. The predicted octanol–water partition coefficient (Wildman–Crippen LogP) is 0.923. The van der Waals surface area contributed by atoms with Gasteiger partial charge in [0.25, 0.3) is 0 Å². The predicted molar refractivity (Wildman–Crippen MR) is 88.7 cm³/mol. The van der Waals surface area contributed by atoms with Crippen molar-refractivity contribution < 1.29 is 14.4 Å². The van der Waals surface area contributed by atoms with Crippen molar-refractivity contribution >= 4 is 23.4 Å². The van der Waals surface area contributed by atoms with Gasteiger partial charge < -0.3 is 11.1 Å². The Morgan fingerprint density at radius 3 is 2.58 bits per heavy atom. The summed E-state index contributed by atoms with van der Waals surface area (Å²) in [4.78, 5) is 35.3. The summed E-state index contributed by atoms with van der Waals surface area (Å²) < 4.78 is 0. The van der Waals surface area contributed by atoms with Gasteiger partial charge in [-0.15, -0.1) is 0 Å². The third kappa shape index (κ3) is 3.56. The zero-order valence-electron chi connectivity index (χ0n) is 13.4. The Hall–Kier alpha value is -2.41. The molecule has 0 bridgehead atoms. The molecule has 5 N–H and O–H groups in total. The molecule has 3 rings (SSSR count). The molecule has 1 saturated heterocycles. The summed E-state index contributed by atoms with van der Waals surface area (Å²) in [5.74, 6) is -0.375. The summed E-state index contributed by atoms with van der Waals surface area (Å²) >= 11 is 0. The standard InChI is InChI=1S/C17H22N4O3/c18-16(23)10-5-7-11(8-6-10)19-15(22)9-14-12-3-1-2-4-13(12)17(24)21-20-14/h5-8,12-14,20H,1-4,9H2,(H2,18,23)(H,19,22)(H,21,24). The summed E-state index contributed by atoms with van der Waals surface area (Å²) in [5.41, 5.74) is 11.9. The topological polar surface area (TPSA) is 113 Å². The van der Waals surface area contributed by atoms with Crippen LogP contribution in [0, 0.1) is 11.8 Å². The first-order valence-corrected chi connectivity index (χ1v) is 8.29. The number of hydrazine groups is 1. The van der Waals surface area contributed by atoms with E-state index in [-0.39, 0.29) is 29.7 Å². The van der Waals surface area contributed by atoms with Gasteiger partial charge in [0.05, 0.1) is 0 Å². The van der Waals surface area contributed by atoms with Crippen molar-refractivity contribution in [2.45, 2.75) is 38.1 Å². The van der Waals surface area contributed by atoms with E-state index < -0.39 is 5.91 Å². The number of nitrogens with two attached hydrogens (primary N) is 1.